The van der Waals surface area contributed by atoms with Crippen molar-refractivity contribution in [3.8, 4) is 0 Å². The van der Waals surface area contributed by atoms with Crippen molar-refractivity contribution in [2.45, 2.75) is 5.97 Å². The summed E-state index contributed by atoms with van der Waals surface area (Å²) in [6, 6.07) is 5.71. The van der Waals surface area contributed by atoms with Crippen LogP contribution in [0.3, 0.4) is 0 Å². The van der Waals surface area contributed by atoms with Crippen LogP contribution in [-0.2, 0) is 15.4 Å². The van der Waals surface area contributed by atoms with Crippen LogP contribution in [-0.4, -0.2) is 29.4 Å². The maximum absolute atomic E-state index is 11.3. The molecule has 2 aliphatic heterocycles. The van der Waals surface area contributed by atoms with Gasteiger partial charge in [0.2, 0.25) is 0 Å². The first-order valence-electron chi connectivity index (χ1n) is 4.46. The Bertz CT molecular complexity index is 368. The van der Waals surface area contributed by atoms with E-state index in [-0.39, 0.29) is 18.8 Å². The molecule has 0 fully saturated rings. The van der Waals surface area contributed by atoms with Crippen LogP contribution in [0.1, 0.15) is 15.9 Å². The Hall–Kier alpha value is -1.43. The summed E-state index contributed by atoms with van der Waals surface area (Å²) >= 11 is 0. The Balaban J connectivity index is 2.41. The van der Waals surface area contributed by atoms with E-state index < -0.39 is 11.9 Å². The number of rotatable bonds is 0. The number of carbonyl (C=O) groups is 1. The fourth-order valence-electron chi connectivity index (χ4n) is 1.31. The molecule has 0 atom stereocenters. The lowest BCUT2D eigenvalue weighted by molar-refractivity contribution is -0.351. The maximum atomic E-state index is 11.3. The van der Waals surface area contributed by atoms with E-state index in [1.807, 2.05) is 0 Å². The van der Waals surface area contributed by atoms with Gasteiger partial charge in [-0.2, -0.15) is 0 Å². The lowest BCUT2D eigenvalue weighted by Crippen LogP contribution is -2.31. The van der Waals surface area contributed by atoms with Crippen molar-refractivity contribution in [1.29, 1.82) is 0 Å². The van der Waals surface area contributed by atoms with Gasteiger partial charge in [0.15, 0.2) is 0 Å². The summed E-state index contributed by atoms with van der Waals surface area (Å²) < 4.78 is 9.57. The van der Waals surface area contributed by atoms with Gasteiger partial charge in [0.1, 0.15) is 6.61 Å². The number of ether oxygens (including phenoxy) is 2. The quantitative estimate of drug-likeness (QED) is 0.464. The molecule has 0 unspecified atom stereocenters. The highest BCUT2D eigenvalue weighted by molar-refractivity contribution is 5.89. The van der Waals surface area contributed by atoms with Crippen molar-refractivity contribution in [2.24, 2.45) is 0 Å². The molecule has 2 N–H and O–H groups in total. The van der Waals surface area contributed by atoms with Crippen LogP contribution in [0.5, 0.6) is 0 Å². The summed E-state index contributed by atoms with van der Waals surface area (Å²) in [4.78, 5) is 11.3. The van der Waals surface area contributed by atoms with Gasteiger partial charge in [0.25, 0.3) is 0 Å². The molecule has 2 bridgehead atoms. The Morgan fingerprint density at radius 2 is 1.80 bits per heavy atom. The van der Waals surface area contributed by atoms with Crippen molar-refractivity contribution in [2.75, 3.05) is 13.2 Å². The largest absolute Gasteiger partial charge is 0.460 e. The molecule has 0 aromatic heterocycles. The number of benzene rings is 1. The monoisotopic (exact) mass is 210 g/mol. The molecular formula is C10H10O5. The Labute approximate surface area is 85.9 Å². The molecule has 0 saturated carbocycles. The van der Waals surface area contributed by atoms with Gasteiger partial charge in [-0.15, -0.1) is 0 Å². The lowest BCUT2D eigenvalue weighted by atomic mass is 10.1. The van der Waals surface area contributed by atoms with E-state index in [9.17, 15) is 15.0 Å². The summed E-state index contributed by atoms with van der Waals surface area (Å²) in [5.74, 6) is -2.78. The highest BCUT2D eigenvalue weighted by atomic mass is 16.8. The molecule has 0 radical (unpaired) electrons. The van der Waals surface area contributed by atoms with Crippen molar-refractivity contribution in [3.05, 3.63) is 35.4 Å². The minimum Gasteiger partial charge on any atom is -0.460 e. The van der Waals surface area contributed by atoms with Crippen LogP contribution in [0.15, 0.2) is 24.3 Å². The molecule has 0 amide bonds. The number of fused-ring (bicyclic) bond motifs is 7. The second kappa shape index (κ2) is 3.62. The molecule has 0 spiro atoms. The van der Waals surface area contributed by atoms with Crippen LogP contribution >= 0.6 is 0 Å². The number of hydrogen-bond acceptors (Lipinski definition) is 5. The highest BCUT2D eigenvalue weighted by Crippen LogP contribution is 2.21. The fraction of sp³-hybridized carbons (Fsp3) is 0.300. The molecule has 5 nitrogen and oxygen atoms in total. The molecule has 80 valence electrons. The Kier molecular flexibility index (Phi) is 2.44. The van der Waals surface area contributed by atoms with Crippen LogP contribution < -0.4 is 0 Å². The number of esters is 1. The summed E-state index contributed by atoms with van der Waals surface area (Å²) in [6.07, 6.45) is 0. The first-order chi connectivity index (χ1) is 7.09. The maximum Gasteiger partial charge on any atom is 0.338 e. The standard InChI is InChI=1S/C10H10O5/c11-9-7-1-3-8(4-2-7)10(12,13)15-6-5-14-9/h1-4,12-13H,5-6H2. The molecule has 5 heteroatoms. The van der Waals surface area contributed by atoms with E-state index in [4.69, 9.17) is 9.47 Å². The number of hydrogen-bond donors (Lipinski definition) is 2. The molecule has 3 rings (SSSR count). The van der Waals surface area contributed by atoms with E-state index in [1.54, 1.807) is 0 Å². The van der Waals surface area contributed by atoms with E-state index in [0.717, 1.165) is 0 Å². The lowest BCUT2D eigenvalue weighted by Gasteiger charge is -2.23. The molecule has 15 heavy (non-hydrogen) atoms. The van der Waals surface area contributed by atoms with E-state index in [0.29, 0.717) is 5.56 Å². The SMILES string of the molecule is O=C1OCCOC(O)(O)c2ccc1cc2. The van der Waals surface area contributed by atoms with Crippen LogP contribution in [0.2, 0.25) is 0 Å². The second-order valence-corrected chi connectivity index (χ2v) is 3.17. The topological polar surface area (TPSA) is 76.0 Å². The van der Waals surface area contributed by atoms with Crippen LogP contribution in [0, 0.1) is 0 Å². The predicted octanol–water partition coefficient (Wildman–Crippen LogP) is -0.0315. The first kappa shape index (κ1) is 10.1. The molecule has 0 aliphatic carbocycles. The van der Waals surface area contributed by atoms with Gasteiger partial charge in [-0.1, -0.05) is 12.1 Å². The smallest absolute Gasteiger partial charge is 0.338 e. The van der Waals surface area contributed by atoms with E-state index in [1.165, 1.54) is 24.3 Å². The van der Waals surface area contributed by atoms with Gasteiger partial charge < -0.3 is 19.7 Å². The molecule has 2 aliphatic rings. The third-order valence-electron chi connectivity index (χ3n) is 2.12. The van der Waals surface area contributed by atoms with Crippen molar-refractivity contribution in [1.82, 2.24) is 0 Å². The zero-order valence-electron chi connectivity index (χ0n) is 7.84. The van der Waals surface area contributed by atoms with Crippen molar-refractivity contribution >= 4 is 5.97 Å². The van der Waals surface area contributed by atoms with Crippen LogP contribution in [0.4, 0.5) is 0 Å². The van der Waals surface area contributed by atoms with Gasteiger partial charge in [0.05, 0.1) is 12.2 Å². The van der Waals surface area contributed by atoms with Crippen LogP contribution in [0.25, 0.3) is 0 Å². The number of aliphatic hydroxyl groups is 2. The van der Waals surface area contributed by atoms with Gasteiger partial charge in [-0.25, -0.2) is 4.79 Å². The summed E-state index contributed by atoms with van der Waals surface area (Å²) in [5.41, 5.74) is 0.553. The predicted molar refractivity (Wildman–Crippen MR) is 48.8 cm³/mol. The zero-order chi connectivity index (χ0) is 10.9. The van der Waals surface area contributed by atoms with Gasteiger partial charge in [-0.3, -0.25) is 0 Å². The van der Waals surface area contributed by atoms with Gasteiger partial charge in [-0.05, 0) is 12.1 Å². The minimum absolute atomic E-state index is 0.0137. The third kappa shape index (κ3) is 1.99. The Morgan fingerprint density at radius 3 is 2.47 bits per heavy atom. The molecule has 2 heterocycles. The van der Waals surface area contributed by atoms with E-state index >= 15 is 0 Å². The van der Waals surface area contributed by atoms with Crippen molar-refractivity contribution in [3.63, 3.8) is 0 Å². The summed E-state index contributed by atoms with van der Waals surface area (Å²) in [7, 11) is 0. The fourth-order valence-corrected chi connectivity index (χ4v) is 1.31. The van der Waals surface area contributed by atoms with Gasteiger partial charge in [0, 0.05) is 5.56 Å². The number of carbonyl (C=O) groups excluding carboxylic acids is 1. The molecular weight excluding hydrogens is 200 g/mol. The molecule has 1 aromatic rings. The van der Waals surface area contributed by atoms with E-state index in [2.05, 4.69) is 0 Å². The summed E-state index contributed by atoms with van der Waals surface area (Å²) in [6.45, 7) is -0.0859. The highest BCUT2D eigenvalue weighted by Gasteiger charge is 2.28. The molecule has 0 saturated heterocycles. The first-order valence-corrected chi connectivity index (χ1v) is 4.46. The molecule has 1 aromatic carbocycles. The average Bonchev–Trinajstić information content (AvgIpc) is 2.24. The summed E-state index contributed by atoms with van der Waals surface area (Å²) in [5, 5.41) is 19.0. The van der Waals surface area contributed by atoms with Crippen molar-refractivity contribution < 1.29 is 24.5 Å². The average molecular weight is 210 g/mol. The van der Waals surface area contributed by atoms with Gasteiger partial charge >= 0.3 is 11.9 Å². The Morgan fingerprint density at radius 1 is 1.13 bits per heavy atom. The third-order valence-corrected chi connectivity index (χ3v) is 2.12. The minimum atomic E-state index is -2.33. The zero-order valence-corrected chi connectivity index (χ0v) is 7.84. The second-order valence-electron chi connectivity index (χ2n) is 3.17. The normalized spacial score (nSPS) is 19.7.